The molecule has 0 saturated carbocycles. The Balaban J connectivity index is 1.53. The number of rotatable bonds is 6. The third kappa shape index (κ3) is 5.34. The average Bonchev–Trinajstić information content (AvgIpc) is 3.36. The monoisotopic (exact) mass is 593 g/mol. The van der Waals surface area contributed by atoms with Crippen LogP contribution in [0, 0.1) is 3.57 Å². The van der Waals surface area contributed by atoms with Crippen LogP contribution in [-0.4, -0.2) is 28.6 Å². The number of hydrogen-bond acceptors (Lipinski definition) is 6. The first-order valence-electron chi connectivity index (χ1n) is 9.92. The van der Waals surface area contributed by atoms with E-state index in [1.165, 1.54) is 4.90 Å². The van der Waals surface area contributed by atoms with Crippen molar-refractivity contribution < 1.29 is 23.5 Å². The predicted molar refractivity (Wildman–Crippen MR) is 136 cm³/mol. The first-order valence-corrected chi connectivity index (χ1v) is 12.2. The van der Waals surface area contributed by atoms with E-state index in [2.05, 4.69) is 22.6 Å². The standard InChI is InChI=1S/C24H17ClINO5S/c1-2-31-23(29)18-11-15(5-9-19(18)25)20-10-8-17(32-20)12-21-22(28)27(24(30)33-21)13-14-3-6-16(26)7-4-14/h3-12H,2,13H2,1H3/b21-12-. The summed E-state index contributed by atoms with van der Waals surface area (Å²) in [5, 5.41) is -0.0425. The quantitative estimate of drug-likeness (QED) is 0.182. The molecule has 1 fully saturated rings. The van der Waals surface area contributed by atoms with Crippen LogP contribution >= 0.6 is 46.0 Å². The summed E-state index contributed by atoms with van der Waals surface area (Å²) in [5.41, 5.74) is 1.75. The molecule has 0 spiro atoms. The second-order valence-corrected chi connectivity index (χ2v) is 9.66. The number of amides is 2. The minimum absolute atomic E-state index is 0.212. The fourth-order valence-electron chi connectivity index (χ4n) is 3.17. The zero-order valence-electron chi connectivity index (χ0n) is 17.3. The summed E-state index contributed by atoms with van der Waals surface area (Å²) < 4.78 is 12.0. The number of halogens is 2. The Morgan fingerprint density at radius 1 is 1.15 bits per heavy atom. The summed E-state index contributed by atoms with van der Waals surface area (Å²) in [6, 6.07) is 16.0. The van der Waals surface area contributed by atoms with Crippen LogP contribution in [0.3, 0.4) is 0 Å². The molecule has 1 aromatic heterocycles. The Morgan fingerprint density at radius 2 is 1.91 bits per heavy atom. The Labute approximate surface area is 213 Å². The van der Waals surface area contributed by atoms with Crippen LogP contribution in [0.5, 0.6) is 0 Å². The van der Waals surface area contributed by atoms with Gasteiger partial charge < -0.3 is 9.15 Å². The number of nitrogens with zero attached hydrogens (tertiary/aromatic N) is 1. The topological polar surface area (TPSA) is 76.8 Å². The molecule has 0 radical (unpaired) electrons. The van der Waals surface area contributed by atoms with Gasteiger partial charge in [-0.3, -0.25) is 14.5 Å². The van der Waals surface area contributed by atoms with Crippen molar-refractivity contribution in [2.75, 3.05) is 6.61 Å². The molecule has 1 aliphatic rings. The van der Waals surface area contributed by atoms with Crippen LogP contribution in [-0.2, 0) is 16.1 Å². The van der Waals surface area contributed by atoms with Gasteiger partial charge in [-0.25, -0.2) is 4.79 Å². The van der Waals surface area contributed by atoms with Crippen molar-refractivity contribution in [3.05, 3.63) is 85.0 Å². The van der Waals surface area contributed by atoms with Crippen LogP contribution in [0.15, 0.2) is 63.9 Å². The Kier molecular flexibility index (Phi) is 7.26. The molecule has 0 N–H and O–H groups in total. The number of hydrogen-bond donors (Lipinski definition) is 0. The van der Waals surface area contributed by atoms with Gasteiger partial charge in [0.2, 0.25) is 0 Å². The zero-order valence-corrected chi connectivity index (χ0v) is 21.1. The van der Waals surface area contributed by atoms with Gasteiger partial charge in [-0.1, -0.05) is 23.7 Å². The summed E-state index contributed by atoms with van der Waals surface area (Å²) >= 11 is 9.20. The molecule has 0 atom stereocenters. The maximum atomic E-state index is 12.8. The number of imide groups is 1. The number of furan rings is 1. The second kappa shape index (κ2) is 10.1. The zero-order chi connectivity index (χ0) is 23.5. The van der Waals surface area contributed by atoms with Crippen molar-refractivity contribution in [3.63, 3.8) is 0 Å². The molecule has 1 aliphatic heterocycles. The van der Waals surface area contributed by atoms with E-state index in [0.29, 0.717) is 17.1 Å². The van der Waals surface area contributed by atoms with Crippen molar-refractivity contribution in [1.82, 2.24) is 4.90 Å². The number of carbonyl (C=O) groups excluding carboxylic acids is 3. The molecule has 1 saturated heterocycles. The van der Waals surface area contributed by atoms with Crippen LogP contribution in [0.1, 0.15) is 28.6 Å². The number of benzene rings is 2. The number of ether oxygens (including phenoxy) is 1. The lowest BCUT2D eigenvalue weighted by Gasteiger charge is -2.12. The van der Waals surface area contributed by atoms with Gasteiger partial charge in [-0.2, -0.15) is 0 Å². The molecular formula is C24H17ClINO5S. The Bertz CT molecular complexity index is 1270. The third-order valence-corrected chi connectivity index (χ3v) is 6.73. The van der Waals surface area contributed by atoms with E-state index < -0.39 is 5.97 Å². The van der Waals surface area contributed by atoms with Crippen LogP contribution < -0.4 is 0 Å². The molecule has 33 heavy (non-hydrogen) atoms. The molecule has 168 valence electrons. The molecule has 2 heterocycles. The van der Waals surface area contributed by atoms with Gasteiger partial charge in [0.25, 0.3) is 11.1 Å². The Hall–Kier alpha value is -2.56. The van der Waals surface area contributed by atoms with Crippen molar-refractivity contribution in [3.8, 4) is 11.3 Å². The van der Waals surface area contributed by atoms with Crippen LogP contribution in [0.25, 0.3) is 17.4 Å². The van der Waals surface area contributed by atoms with Crippen molar-refractivity contribution in [2.24, 2.45) is 0 Å². The minimum Gasteiger partial charge on any atom is -0.462 e. The van der Waals surface area contributed by atoms with E-state index in [1.54, 1.807) is 43.3 Å². The molecule has 2 aromatic carbocycles. The van der Waals surface area contributed by atoms with Gasteiger partial charge in [-0.15, -0.1) is 0 Å². The van der Waals surface area contributed by atoms with Gasteiger partial charge in [0, 0.05) is 15.2 Å². The highest BCUT2D eigenvalue weighted by atomic mass is 127. The highest BCUT2D eigenvalue weighted by Gasteiger charge is 2.35. The average molecular weight is 594 g/mol. The van der Waals surface area contributed by atoms with E-state index in [1.807, 2.05) is 24.3 Å². The predicted octanol–water partition coefficient (Wildman–Crippen LogP) is 6.62. The molecule has 6 nitrogen and oxygen atoms in total. The van der Waals surface area contributed by atoms with Crippen molar-refractivity contribution in [2.45, 2.75) is 13.5 Å². The highest BCUT2D eigenvalue weighted by molar-refractivity contribution is 14.1. The van der Waals surface area contributed by atoms with Crippen LogP contribution in [0.4, 0.5) is 4.79 Å². The first-order chi connectivity index (χ1) is 15.9. The van der Waals surface area contributed by atoms with E-state index in [9.17, 15) is 14.4 Å². The third-order valence-electron chi connectivity index (χ3n) is 4.77. The molecule has 0 aliphatic carbocycles. The molecule has 3 aromatic rings. The van der Waals surface area contributed by atoms with Gasteiger partial charge in [0.15, 0.2) is 0 Å². The summed E-state index contributed by atoms with van der Waals surface area (Å²) in [5.74, 6) is 0.0227. The van der Waals surface area contributed by atoms with Crippen molar-refractivity contribution in [1.29, 1.82) is 0 Å². The van der Waals surface area contributed by atoms with E-state index in [-0.39, 0.29) is 39.8 Å². The minimum atomic E-state index is -0.516. The molecule has 4 rings (SSSR count). The molecule has 0 bridgehead atoms. The first kappa shape index (κ1) is 23.6. The summed E-state index contributed by atoms with van der Waals surface area (Å²) in [7, 11) is 0. The van der Waals surface area contributed by atoms with E-state index in [4.69, 9.17) is 20.8 Å². The summed E-state index contributed by atoms with van der Waals surface area (Å²) in [4.78, 5) is 38.8. The smallest absolute Gasteiger partial charge is 0.339 e. The Morgan fingerprint density at radius 3 is 2.64 bits per heavy atom. The molecule has 2 amide bonds. The number of carbonyl (C=O) groups is 3. The van der Waals surface area contributed by atoms with Crippen molar-refractivity contribution >= 4 is 69.1 Å². The fourth-order valence-corrected chi connectivity index (χ4v) is 4.54. The maximum absolute atomic E-state index is 12.8. The second-order valence-electron chi connectivity index (χ2n) is 7.01. The molecule has 0 unspecified atom stereocenters. The number of thioether (sulfide) groups is 1. The van der Waals surface area contributed by atoms with Crippen LogP contribution in [0.2, 0.25) is 5.02 Å². The lowest BCUT2D eigenvalue weighted by Crippen LogP contribution is -2.27. The molecule has 9 heteroatoms. The van der Waals surface area contributed by atoms with E-state index in [0.717, 1.165) is 20.9 Å². The maximum Gasteiger partial charge on any atom is 0.339 e. The SMILES string of the molecule is CCOC(=O)c1cc(-c2ccc(/C=C3\SC(=O)N(Cc4ccc(I)cc4)C3=O)o2)ccc1Cl. The van der Waals surface area contributed by atoms with Gasteiger partial charge in [-0.05, 0) is 89.3 Å². The normalized spacial score (nSPS) is 14.9. The van der Waals surface area contributed by atoms with Gasteiger partial charge in [0.05, 0.1) is 28.6 Å². The largest absolute Gasteiger partial charge is 0.462 e. The molecular weight excluding hydrogens is 577 g/mol. The fraction of sp³-hybridized carbons (Fsp3) is 0.125. The van der Waals surface area contributed by atoms with E-state index >= 15 is 0 Å². The summed E-state index contributed by atoms with van der Waals surface area (Å²) in [6.45, 7) is 2.17. The lowest BCUT2D eigenvalue weighted by molar-refractivity contribution is -0.123. The highest BCUT2D eigenvalue weighted by Crippen LogP contribution is 2.35. The number of esters is 1. The summed E-state index contributed by atoms with van der Waals surface area (Å²) in [6.07, 6.45) is 1.55. The lowest BCUT2D eigenvalue weighted by atomic mass is 10.1. The van der Waals surface area contributed by atoms with Gasteiger partial charge >= 0.3 is 5.97 Å². The van der Waals surface area contributed by atoms with Gasteiger partial charge in [0.1, 0.15) is 11.5 Å².